The van der Waals surface area contributed by atoms with Crippen LogP contribution in [0.5, 0.6) is 0 Å². The number of aromatic nitrogens is 3. The number of amides is 1. The van der Waals surface area contributed by atoms with Crippen molar-refractivity contribution in [2.75, 3.05) is 36.8 Å². The van der Waals surface area contributed by atoms with Crippen molar-refractivity contribution >= 4 is 33.3 Å². The molecule has 1 aliphatic heterocycles. The molecule has 0 atom stereocenters. The first-order valence-electron chi connectivity index (χ1n) is 6.60. The van der Waals surface area contributed by atoms with Crippen LogP contribution in [0.2, 0.25) is 0 Å². The molecule has 8 heteroatoms. The molecule has 0 saturated carbocycles. The van der Waals surface area contributed by atoms with E-state index >= 15 is 0 Å². The molecule has 7 nitrogen and oxygen atoms in total. The molecule has 1 amide bonds. The number of piperazine rings is 1. The van der Waals surface area contributed by atoms with Crippen LogP contribution in [0, 0.1) is 0 Å². The Hall–Kier alpha value is -2.09. The molecule has 0 aliphatic carbocycles. The number of nitrogens with zero attached hydrogens (tertiary/aromatic N) is 4. The smallest absolute Gasteiger partial charge is 0.274 e. The minimum Gasteiger partial charge on any atom is -0.396 e. The highest BCUT2D eigenvalue weighted by Gasteiger charge is 2.24. The summed E-state index contributed by atoms with van der Waals surface area (Å²) in [4.78, 5) is 20.6. The molecule has 0 radical (unpaired) electrons. The van der Waals surface area contributed by atoms with Crippen LogP contribution in [0.4, 0.5) is 11.5 Å². The van der Waals surface area contributed by atoms with Crippen molar-refractivity contribution in [2.24, 2.45) is 0 Å². The number of rotatable bonds is 2. The summed E-state index contributed by atoms with van der Waals surface area (Å²) in [6.07, 6.45) is 3.23. The van der Waals surface area contributed by atoms with E-state index in [0.717, 1.165) is 23.4 Å². The van der Waals surface area contributed by atoms with Crippen LogP contribution in [-0.4, -0.2) is 52.2 Å². The van der Waals surface area contributed by atoms with Crippen LogP contribution in [0.15, 0.2) is 29.0 Å². The molecule has 0 bridgehead atoms. The second kappa shape index (κ2) is 5.72. The maximum absolute atomic E-state index is 12.3. The number of carbonyl (C=O) groups excluding carboxylic acids is 1. The Morgan fingerprint density at radius 3 is 2.57 bits per heavy atom. The molecule has 3 rings (SSSR count). The van der Waals surface area contributed by atoms with E-state index in [0.29, 0.717) is 24.5 Å². The third kappa shape index (κ3) is 2.85. The van der Waals surface area contributed by atoms with Gasteiger partial charge in [-0.05, 0) is 28.1 Å². The van der Waals surface area contributed by atoms with Gasteiger partial charge in [-0.2, -0.15) is 5.10 Å². The normalized spacial score (nSPS) is 15.3. The quantitative estimate of drug-likeness (QED) is 0.846. The van der Waals surface area contributed by atoms with Gasteiger partial charge in [0.25, 0.3) is 5.91 Å². The number of nitrogens with two attached hydrogens (primary N) is 1. The van der Waals surface area contributed by atoms with Crippen molar-refractivity contribution in [3.8, 4) is 0 Å². The molecular weight excluding hydrogens is 336 g/mol. The molecule has 0 aromatic carbocycles. The standard InChI is InChI=1S/C13H15BrN6O/c14-9-1-2-11(16-7-9)19-3-5-20(6-4-19)13(21)12-10(15)8-17-18-12/h1-2,7-8H,3-6,15H2,(H,17,18). The van der Waals surface area contributed by atoms with Crippen LogP contribution in [0.25, 0.3) is 0 Å². The number of anilines is 2. The first-order valence-corrected chi connectivity index (χ1v) is 7.39. The van der Waals surface area contributed by atoms with E-state index in [2.05, 4.69) is 36.0 Å². The fourth-order valence-electron chi connectivity index (χ4n) is 2.32. The largest absolute Gasteiger partial charge is 0.396 e. The van der Waals surface area contributed by atoms with Crippen molar-refractivity contribution in [3.05, 3.63) is 34.7 Å². The third-order valence-corrected chi connectivity index (χ3v) is 3.95. The van der Waals surface area contributed by atoms with Crippen molar-refractivity contribution in [1.82, 2.24) is 20.1 Å². The van der Waals surface area contributed by atoms with E-state index < -0.39 is 0 Å². The molecular formula is C13H15BrN6O. The predicted octanol–water partition coefficient (Wildman–Crippen LogP) is 1.11. The van der Waals surface area contributed by atoms with Crippen LogP contribution < -0.4 is 10.6 Å². The highest BCUT2D eigenvalue weighted by Crippen LogP contribution is 2.18. The van der Waals surface area contributed by atoms with E-state index in [1.54, 1.807) is 11.1 Å². The SMILES string of the molecule is Nc1cn[nH]c1C(=O)N1CCN(c2ccc(Br)cn2)CC1. The Labute approximate surface area is 130 Å². The van der Waals surface area contributed by atoms with Gasteiger partial charge < -0.3 is 15.5 Å². The summed E-state index contributed by atoms with van der Waals surface area (Å²) in [6, 6.07) is 3.93. The summed E-state index contributed by atoms with van der Waals surface area (Å²) >= 11 is 3.37. The number of nitrogens with one attached hydrogen (secondary N) is 1. The first-order chi connectivity index (χ1) is 10.1. The fraction of sp³-hybridized carbons (Fsp3) is 0.308. The Bertz CT molecular complexity index is 632. The number of pyridine rings is 1. The minimum absolute atomic E-state index is 0.103. The predicted molar refractivity (Wildman–Crippen MR) is 83.1 cm³/mol. The van der Waals surface area contributed by atoms with Gasteiger partial charge in [0.2, 0.25) is 0 Å². The Morgan fingerprint density at radius 1 is 1.24 bits per heavy atom. The van der Waals surface area contributed by atoms with Crippen molar-refractivity contribution in [1.29, 1.82) is 0 Å². The molecule has 0 spiro atoms. The lowest BCUT2D eigenvalue weighted by atomic mass is 10.2. The number of halogens is 1. The number of hydrogen-bond acceptors (Lipinski definition) is 5. The van der Waals surface area contributed by atoms with Crippen LogP contribution in [0.1, 0.15) is 10.5 Å². The monoisotopic (exact) mass is 350 g/mol. The number of nitrogen functional groups attached to an aromatic ring is 1. The van der Waals surface area contributed by atoms with Crippen LogP contribution >= 0.6 is 15.9 Å². The molecule has 2 aromatic heterocycles. The number of H-pyrrole nitrogens is 1. The zero-order valence-corrected chi connectivity index (χ0v) is 12.9. The number of aromatic amines is 1. The summed E-state index contributed by atoms with van der Waals surface area (Å²) in [5, 5.41) is 6.44. The molecule has 3 N–H and O–H groups in total. The highest BCUT2D eigenvalue weighted by molar-refractivity contribution is 9.10. The van der Waals surface area contributed by atoms with Crippen molar-refractivity contribution < 1.29 is 4.79 Å². The van der Waals surface area contributed by atoms with E-state index in [1.807, 2.05) is 12.1 Å². The Morgan fingerprint density at radius 2 is 2.00 bits per heavy atom. The molecule has 1 aliphatic rings. The molecule has 0 unspecified atom stereocenters. The summed E-state index contributed by atoms with van der Waals surface area (Å²) in [5.74, 6) is 0.819. The molecule has 21 heavy (non-hydrogen) atoms. The maximum Gasteiger partial charge on any atom is 0.274 e. The lowest BCUT2D eigenvalue weighted by Gasteiger charge is -2.35. The fourth-order valence-corrected chi connectivity index (χ4v) is 2.55. The maximum atomic E-state index is 12.3. The summed E-state index contributed by atoms with van der Waals surface area (Å²) in [5.41, 5.74) is 6.47. The number of hydrogen-bond donors (Lipinski definition) is 2. The number of carbonyl (C=O) groups is 1. The van der Waals surface area contributed by atoms with Gasteiger partial charge in [-0.15, -0.1) is 0 Å². The topological polar surface area (TPSA) is 91.1 Å². The lowest BCUT2D eigenvalue weighted by Crippen LogP contribution is -2.49. The summed E-state index contributed by atoms with van der Waals surface area (Å²) in [7, 11) is 0. The third-order valence-electron chi connectivity index (χ3n) is 3.49. The van der Waals surface area contributed by atoms with Gasteiger partial charge in [-0.25, -0.2) is 4.98 Å². The van der Waals surface area contributed by atoms with E-state index in [9.17, 15) is 4.79 Å². The zero-order valence-electron chi connectivity index (χ0n) is 11.3. The molecule has 3 heterocycles. The first kappa shape index (κ1) is 13.9. The Balaban J connectivity index is 1.64. The molecule has 1 saturated heterocycles. The Kier molecular flexibility index (Phi) is 3.78. The minimum atomic E-state index is -0.103. The summed E-state index contributed by atoms with van der Waals surface area (Å²) < 4.78 is 0.954. The second-order valence-electron chi connectivity index (χ2n) is 4.81. The van der Waals surface area contributed by atoms with Crippen molar-refractivity contribution in [3.63, 3.8) is 0 Å². The van der Waals surface area contributed by atoms with E-state index in [1.165, 1.54) is 6.20 Å². The molecule has 1 fully saturated rings. The van der Waals surface area contributed by atoms with Gasteiger partial charge in [-0.1, -0.05) is 0 Å². The lowest BCUT2D eigenvalue weighted by molar-refractivity contribution is 0.0741. The van der Waals surface area contributed by atoms with Gasteiger partial charge in [0, 0.05) is 36.8 Å². The van der Waals surface area contributed by atoms with Gasteiger partial charge in [0.05, 0.1) is 11.9 Å². The van der Waals surface area contributed by atoms with Crippen molar-refractivity contribution in [2.45, 2.75) is 0 Å². The van der Waals surface area contributed by atoms with Gasteiger partial charge in [0.1, 0.15) is 11.5 Å². The average Bonchev–Trinajstić information content (AvgIpc) is 2.94. The average molecular weight is 351 g/mol. The second-order valence-corrected chi connectivity index (χ2v) is 5.73. The zero-order chi connectivity index (χ0) is 14.8. The van der Waals surface area contributed by atoms with Crippen LogP contribution in [0.3, 0.4) is 0 Å². The van der Waals surface area contributed by atoms with Gasteiger partial charge in [0.15, 0.2) is 0 Å². The van der Waals surface area contributed by atoms with Gasteiger partial charge >= 0.3 is 0 Å². The highest BCUT2D eigenvalue weighted by atomic mass is 79.9. The van der Waals surface area contributed by atoms with Gasteiger partial charge in [-0.3, -0.25) is 9.89 Å². The van der Waals surface area contributed by atoms with Crippen LogP contribution in [-0.2, 0) is 0 Å². The summed E-state index contributed by atoms with van der Waals surface area (Å²) in [6.45, 7) is 2.76. The molecule has 2 aromatic rings. The molecule has 110 valence electrons. The van der Waals surface area contributed by atoms with E-state index in [-0.39, 0.29) is 5.91 Å². The van der Waals surface area contributed by atoms with E-state index in [4.69, 9.17) is 5.73 Å².